The van der Waals surface area contributed by atoms with Crippen LogP contribution in [0.25, 0.3) is 11.1 Å². The lowest BCUT2D eigenvalue weighted by atomic mass is 9.72. The van der Waals surface area contributed by atoms with Gasteiger partial charge in [-0.15, -0.1) is 0 Å². The number of ketones is 2. The number of methoxy groups -OCH3 is 2. The van der Waals surface area contributed by atoms with Gasteiger partial charge in [0, 0.05) is 57.8 Å². The number of nitrogens with zero attached hydrogens (tertiary/aromatic N) is 2. The molecule has 0 radical (unpaired) electrons. The van der Waals surface area contributed by atoms with Crippen LogP contribution in [-0.4, -0.2) is 62.4 Å². The highest BCUT2D eigenvalue weighted by atomic mass is 16.7. The average molecular weight is 565 g/mol. The third-order valence-corrected chi connectivity index (χ3v) is 7.11. The second-order valence-corrected chi connectivity index (χ2v) is 9.70. The number of carbonyl (C=O) groups excluding carboxylic acids is 4. The molecule has 10 heteroatoms. The van der Waals surface area contributed by atoms with E-state index in [1.807, 2.05) is 24.3 Å². The van der Waals surface area contributed by atoms with Crippen molar-refractivity contribution in [2.24, 2.45) is 10.3 Å². The number of hydrogen-bond donors (Lipinski definition) is 0. The minimum Gasteiger partial charge on any atom is -0.385 e. The molecule has 2 aromatic rings. The van der Waals surface area contributed by atoms with Crippen LogP contribution in [-0.2, 0) is 34.2 Å². The van der Waals surface area contributed by atoms with Crippen LogP contribution in [0.5, 0.6) is 0 Å². The summed E-state index contributed by atoms with van der Waals surface area (Å²) in [4.78, 5) is 58.8. The van der Waals surface area contributed by atoms with Crippen molar-refractivity contribution in [3.05, 3.63) is 58.7 Å². The molecule has 1 aliphatic rings. The van der Waals surface area contributed by atoms with Gasteiger partial charge in [0.1, 0.15) is 11.4 Å². The predicted molar refractivity (Wildman–Crippen MR) is 153 cm³/mol. The fourth-order valence-electron chi connectivity index (χ4n) is 5.10. The van der Waals surface area contributed by atoms with E-state index in [9.17, 15) is 19.2 Å². The quantitative estimate of drug-likeness (QED) is 0.135. The molecule has 10 nitrogen and oxygen atoms in total. The first-order valence-corrected chi connectivity index (χ1v) is 13.5. The maximum Gasteiger partial charge on any atom is 0.331 e. The summed E-state index contributed by atoms with van der Waals surface area (Å²) in [5.74, 6) is -1.91. The zero-order valence-corrected chi connectivity index (χ0v) is 24.4. The molecule has 0 fully saturated rings. The number of fused-ring (bicyclic) bond motifs is 3. The van der Waals surface area contributed by atoms with E-state index in [0.717, 1.165) is 22.3 Å². The number of oxime groups is 2. The van der Waals surface area contributed by atoms with Crippen LogP contribution in [0, 0.1) is 0 Å². The summed E-state index contributed by atoms with van der Waals surface area (Å²) in [7, 11) is 3.25. The van der Waals surface area contributed by atoms with E-state index < -0.39 is 17.4 Å². The lowest BCUT2D eigenvalue weighted by Gasteiger charge is -2.32. The highest BCUT2D eigenvalue weighted by molar-refractivity contribution is 6.46. The van der Waals surface area contributed by atoms with Gasteiger partial charge in [0.2, 0.25) is 11.6 Å². The molecular formula is C31H36N2O8. The molecule has 0 aliphatic heterocycles. The van der Waals surface area contributed by atoms with Crippen LogP contribution in [0.2, 0.25) is 0 Å². The largest absolute Gasteiger partial charge is 0.385 e. The van der Waals surface area contributed by atoms with Crippen LogP contribution >= 0.6 is 0 Å². The van der Waals surface area contributed by atoms with Gasteiger partial charge in [-0.3, -0.25) is 9.59 Å². The summed E-state index contributed by atoms with van der Waals surface area (Å²) in [5.41, 5.74) is 4.10. The standard InChI is InChI=1S/C31H36N2O8/c1-7-27(32-40-19(3)34)29(36)21-9-11-23-24-12-10-22(30(37)28(8-2)33-41-20(4)35)18-26(24)31(13-15-38-5,14-16-39-6)25(23)17-21/h9-12,17-18H,7-8,13-16H2,1-6H3/b32-27+,33-28+. The van der Waals surface area contributed by atoms with Crippen LogP contribution in [0.1, 0.15) is 85.2 Å². The molecule has 0 spiro atoms. The first-order chi connectivity index (χ1) is 19.6. The average Bonchev–Trinajstić information content (AvgIpc) is 3.23. The molecule has 41 heavy (non-hydrogen) atoms. The second kappa shape index (κ2) is 14.0. The van der Waals surface area contributed by atoms with Crippen LogP contribution in [0.15, 0.2) is 46.7 Å². The monoisotopic (exact) mass is 564 g/mol. The molecular weight excluding hydrogens is 528 g/mol. The Morgan fingerprint density at radius 3 is 1.39 bits per heavy atom. The van der Waals surface area contributed by atoms with Gasteiger partial charge in [-0.05, 0) is 60.1 Å². The van der Waals surface area contributed by atoms with Gasteiger partial charge < -0.3 is 19.1 Å². The number of carbonyl (C=O) groups is 4. The van der Waals surface area contributed by atoms with Crippen molar-refractivity contribution in [2.45, 2.75) is 58.8 Å². The molecule has 0 aromatic heterocycles. The first-order valence-electron chi connectivity index (χ1n) is 13.5. The van der Waals surface area contributed by atoms with Gasteiger partial charge in [0.25, 0.3) is 0 Å². The zero-order valence-electron chi connectivity index (χ0n) is 24.4. The van der Waals surface area contributed by atoms with E-state index in [1.165, 1.54) is 13.8 Å². The molecule has 0 saturated carbocycles. The molecule has 0 saturated heterocycles. The Bertz CT molecular complexity index is 1290. The van der Waals surface area contributed by atoms with Crippen molar-refractivity contribution < 1.29 is 38.3 Å². The van der Waals surface area contributed by atoms with Crippen molar-refractivity contribution in [2.75, 3.05) is 27.4 Å². The Morgan fingerprint density at radius 1 is 0.683 bits per heavy atom. The Labute approximate surface area is 239 Å². The SMILES string of the molecule is CC/C(=N\OC(C)=O)C(=O)c1ccc2c(c1)C(CCOC)(CCOC)c1cc(C(=O)/C(CC)=N/OC(C)=O)ccc1-2. The molecule has 0 heterocycles. The molecule has 0 N–H and O–H groups in total. The highest BCUT2D eigenvalue weighted by Crippen LogP contribution is 2.53. The van der Waals surface area contributed by atoms with E-state index >= 15 is 0 Å². The molecule has 0 unspecified atom stereocenters. The van der Waals surface area contributed by atoms with Crippen LogP contribution < -0.4 is 0 Å². The zero-order chi connectivity index (χ0) is 30.2. The summed E-state index contributed by atoms with van der Waals surface area (Å²) in [6.45, 7) is 6.80. The third-order valence-electron chi connectivity index (χ3n) is 7.11. The Balaban J connectivity index is 2.19. The number of ether oxygens (including phenoxy) is 2. The minimum atomic E-state index is -0.637. The highest BCUT2D eigenvalue weighted by Gasteiger charge is 2.43. The molecule has 0 atom stereocenters. The van der Waals surface area contributed by atoms with Crippen molar-refractivity contribution in [1.29, 1.82) is 0 Å². The van der Waals surface area contributed by atoms with Gasteiger partial charge in [-0.2, -0.15) is 0 Å². The smallest absolute Gasteiger partial charge is 0.331 e. The number of rotatable bonds is 14. The van der Waals surface area contributed by atoms with E-state index in [2.05, 4.69) is 10.3 Å². The summed E-state index contributed by atoms with van der Waals surface area (Å²) >= 11 is 0. The van der Waals surface area contributed by atoms with E-state index in [1.54, 1.807) is 40.2 Å². The molecule has 218 valence electrons. The van der Waals surface area contributed by atoms with Gasteiger partial charge in [-0.1, -0.05) is 48.4 Å². The van der Waals surface area contributed by atoms with E-state index in [4.69, 9.17) is 19.1 Å². The topological polar surface area (TPSA) is 130 Å². The van der Waals surface area contributed by atoms with Crippen molar-refractivity contribution in [3.8, 4) is 11.1 Å². The number of hydrogen-bond acceptors (Lipinski definition) is 10. The summed E-state index contributed by atoms with van der Waals surface area (Å²) in [6, 6.07) is 10.9. The molecule has 2 aromatic carbocycles. The summed E-state index contributed by atoms with van der Waals surface area (Å²) in [5, 5.41) is 7.53. The van der Waals surface area contributed by atoms with Gasteiger partial charge >= 0.3 is 11.9 Å². The van der Waals surface area contributed by atoms with Crippen molar-refractivity contribution >= 4 is 34.9 Å². The van der Waals surface area contributed by atoms with Gasteiger partial charge in [0.15, 0.2) is 0 Å². The number of Topliss-reactive ketones (excluding diaryl/α,β-unsaturated/α-hetero) is 2. The minimum absolute atomic E-state index is 0.127. The van der Waals surface area contributed by atoms with Crippen LogP contribution in [0.4, 0.5) is 0 Å². The molecule has 0 bridgehead atoms. The Kier molecular flexibility index (Phi) is 10.8. The predicted octanol–water partition coefficient (Wildman–Crippen LogP) is 5.05. The summed E-state index contributed by atoms with van der Waals surface area (Å²) in [6.07, 6.45) is 1.68. The van der Waals surface area contributed by atoms with Gasteiger partial charge in [0.05, 0.1) is 0 Å². The fraction of sp³-hybridized carbons (Fsp3) is 0.419. The number of benzene rings is 2. The van der Waals surface area contributed by atoms with Crippen molar-refractivity contribution in [1.82, 2.24) is 0 Å². The summed E-state index contributed by atoms with van der Waals surface area (Å²) < 4.78 is 11.0. The third kappa shape index (κ3) is 6.83. The van der Waals surface area contributed by atoms with Gasteiger partial charge in [-0.25, -0.2) is 9.59 Å². The van der Waals surface area contributed by atoms with E-state index in [-0.39, 0.29) is 35.8 Å². The molecule has 1 aliphatic carbocycles. The first kappa shape index (κ1) is 31.5. The fourth-order valence-corrected chi connectivity index (χ4v) is 5.10. The van der Waals surface area contributed by atoms with Crippen molar-refractivity contribution in [3.63, 3.8) is 0 Å². The molecule has 0 amide bonds. The maximum absolute atomic E-state index is 13.4. The normalized spacial score (nSPS) is 13.8. The molecule has 3 rings (SSSR count). The lowest BCUT2D eigenvalue weighted by Crippen LogP contribution is -2.30. The second-order valence-electron chi connectivity index (χ2n) is 9.70. The van der Waals surface area contributed by atoms with E-state index in [0.29, 0.717) is 37.2 Å². The van der Waals surface area contributed by atoms with Crippen LogP contribution in [0.3, 0.4) is 0 Å². The Hall–Kier alpha value is -4.02. The lowest BCUT2D eigenvalue weighted by molar-refractivity contribution is -0.141. The maximum atomic E-state index is 13.4. The Morgan fingerprint density at radius 2 is 1.07 bits per heavy atom.